The third-order valence-corrected chi connectivity index (χ3v) is 3.77. The molecule has 3 aromatic rings. The lowest BCUT2D eigenvalue weighted by atomic mass is 10.2. The zero-order valence-corrected chi connectivity index (χ0v) is 14.2. The van der Waals surface area contributed by atoms with E-state index in [0.29, 0.717) is 5.58 Å². The fourth-order valence-corrected chi connectivity index (χ4v) is 2.40. The second-order valence-electron chi connectivity index (χ2n) is 4.69. The summed E-state index contributed by atoms with van der Waals surface area (Å²) >= 11 is 8.48. The van der Waals surface area contributed by atoms with Crippen molar-refractivity contribution in [3.05, 3.63) is 64.8 Å². The Morgan fingerprint density at radius 2 is 1.78 bits per heavy atom. The Hall–Kier alpha value is -2.38. The van der Waals surface area contributed by atoms with Crippen molar-refractivity contribution in [2.45, 2.75) is 0 Å². The van der Waals surface area contributed by atoms with E-state index in [1.807, 2.05) is 42.5 Å². The highest BCUT2D eigenvalue weighted by Gasteiger charge is 2.12. The number of furan rings is 1. The van der Waals surface area contributed by atoms with Gasteiger partial charge in [-0.25, -0.2) is 0 Å². The topological polar surface area (TPSA) is 66.3 Å². The highest BCUT2D eigenvalue weighted by Crippen LogP contribution is 2.18. The summed E-state index contributed by atoms with van der Waals surface area (Å²) in [5.74, 6) is -0.189. The number of benzene rings is 2. The predicted octanol–water partition coefficient (Wildman–Crippen LogP) is 3.83. The monoisotopic (exact) mass is 389 g/mol. The van der Waals surface area contributed by atoms with Crippen LogP contribution < -0.4 is 16.2 Å². The molecular formula is C16H12BrN3O2S. The maximum absolute atomic E-state index is 12.1. The number of hydrazine groups is 1. The maximum Gasteiger partial charge on any atom is 0.305 e. The average Bonchev–Trinajstić information content (AvgIpc) is 2.99. The van der Waals surface area contributed by atoms with E-state index in [-0.39, 0.29) is 10.9 Å². The molecule has 0 aliphatic rings. The van der Waals surface area contributed by atoms with Crippen LogP contribution in [0.2, 0.25) is 0 Å². The summed E-state index contributed by atoms with van der Waals surface area (Å²) in [6.07, 6.45) is 0. The average molecular weight is 390 g/mol. The van der Waals surface area contributed by atoms with E-state index >= 15 is 0 Å². The Kier molecular flexibility index (Phi) is 4.59. The lowest BCUT2D eigenvalue weighted by Crippen LogP contribution is -2.43. The summed E-state index contributed by atoms with van der Waals surface area (Å²) in [6, 6.07) is 16.6. The van der Waals surface area contributed by atoms with E-state index < -0.39 is 5.91 Å². The Morgan fingerprint density at radius 1 is 1.04 bits per heavy atom. The lowest BCUT2D eigenvalue weighted by molar-refractivity contribution is 0.0918. The van der Waals surface area contributed by atoms with Crippen LogP contribution in [0.5, 0.6) is 0 Å². The third kappa shape index (κ3) is 3.88. The number of thiocarbonyl (C=S) groups is 1. The van der Waals surface area contributed by atoms with E-state index in [2.05, 4.69) is 32.1 Å². The summed E-state index contributed by atoms with van der Waals surface area (Å²) in [5, 5.41) is 4.10. The van der Waals surface area contributed by atoms with E-state index in [4.69, 9.17) is 16.6 Å². The van der Waals surface area contributed by atoms with E-state index in [1.54, 1.807) is 12.1 Å². The molecule has 1 aromatic heterocycles. The van der Waals surface area contributed by atoms with E-state index in [1.165, 1.54) is 0 Å². The first-order valence-electron chi connectivity index (χ1n) is 6.73. The first-order valence-corrected chi connectivity index (χ1v) is 7.93. The molecule has 3 N–H and O–H groups in total. The molecule has 0 aliphatic heterocycles. The van der Waals surface area contributed by atoms with Crippen LogP contribution in [-0.2, 0) is 0 Å². The second-order valence-corrected chi connectivity index (χ2v) is 6.01. The zero-order chi connectivity index (χ0) is 16.2. The zero-order valence-electron chi connectivity index (χ0n) is 11.8. The summed E-state index contributed by atoms with van der Waals surface area (Å²) in [4.78, 5) is 12.1. The molecule has 7 heteroatoms. The van der Waals surface area contributed by atoms with Gasteiger partial charge in [-0.3, -0.25) is 15.6 Å². The molecule has 0 radical (unpaired) electrons. The normalized spacial score (nSPS) is 10.3. The van der Waals surface area contributed by atoms with E-state index in [0.717, 1.165) is 15.5 Å². The van der Waals surface area contributed by atoms with Gasteiger partial charge in [0.25, 0.3) is 0 Å². The van der Waals surface area contributed by atoms with Crippen molar-refractivity contribution in [1.29, 1.82) is 0 Å². The van der Waals surface area contributed by atoms with Crippen LogP contribution in [0, 0.1) is 0 Å². The van der Waals surface area contributed by atoms with Crippen molar-refractivity contribution >= 4 is 55.8 Å². The Bertz CT molecular complexity index is 828. The lowest BCUT2D eigenvalue weighted by Gasteiger charge is -2.10. The van der Waals surface area contributed by atoms with Crippen LogP contribution in [-0.4, -0.2) is 11.0 Å². The number of para-hydroxylation sites is 1. The van der Waals surface area contributed by atoms with Crippen LogP contribution in [0.1, 0.15) is 10.6 Å². The first kappa shape index (κ1) is 15.5. The molecule has 0 spiro atoms. The van der Waals surface area contributed by atoms with Crippen LogP contribution >= 0.6 is 28.1 Å². The molecule has 2 aromatic carbocycles. The van der Waals surface area contributed by atoms with Crippen LogP contribution in [0.4, 0.5) is 5.69 Å². The van der Waals surface area contributed by atoms with Crippen molar-refractivity contribution in [3.63, 3.8) is 0 Å². The van der Waals surface area contributed by atoms with Gasteiger partial charge in [0.05, 0.1) is 0 Å². The van der Waals surface area contributed by atoms with Crippen LogP contribution in [0.15, 0.2) is 63.5 Å². The number of halogens is 1. The minimum absolute atomic E-state index is 0.213. The van der Waals surface area contributed by atoms with Gasteiger partial charge in [0.2, 0.25) is 0 Å². The van der Waals surface area contributed by atoms with Crippen LogP contribution in [0.3, 0.4) is 0 Å². The first-order chi connectivity index (χ1) is 11.1. The summed E-state index contributed by atoms with van der Waals surface area (Å²) in [7, 11) is 0. The van der Waals surface area contributed by atoms with Gasteiger partial charge in [-0.05, 0) is 48.6 Å². The second kappa shape index (κ2) is 6.80. The van der Waals surface area contributed by atoms with Crippen molar-refractivity contribution in [1.82, 2.24) is 10.9 Å². The van der Waals surface area contributed by atoms with Crippen LogP contribution in [0.25, 0.3) is 11.0 Å². The molecule has 5 nitrogen and oxygen atoms in total. The van der Waals surface area contributed by atoms with Gasteiger partial charge >= 0.3 is 5.91 Å². The fourth-order valence-electron chi connectivity index (χ4n) is 1.96. The van der Waals surface area contributed by atoms with Crippen molar-refractivity contribution in [3.8, 4) is 0 Å². The third-order valence-electron chi connectivity index (χ3n) is 3.04. The molecular weight excluding hydrogens is 378 g/mol. The minimum Gasteiger partial charge on any atom is -0.451 e. The van der Waals surface area contributed by atoms with Gasteiger partial charge in [0.15, 0.2) is 10.9 Å². The number of amides is 1. The van der Waals surface area contributed by atoms with Crippen molar-refractivity contribution in [2.75, 3.05) is 5.32 Å². The number of anilines is 1. The summed E-state index contributed by atoms with van der Waals surface area (Å²) in [5.41, 5.74) is 6.60. The summed E-state index contributed by atoms with van der Waals surface area (Å²) < 4.78 is 6.44. The number of carbonyl (C=O) groups is 1. The van der Waals surface area contributed by atoms with Gasteiger partial charge < -0.3 is 9.73 Å². The minimum atomic E-state index is -0.402. The molecule has 0 saturated heterocycles. The molecule has 0 saturated carbocycles. The number of hydrogen-bond donors (Lipinski definition) is 3. The van der Waals surface area contributed by atoms with E-state index in [9.17, 15) is 4.79 Å². The Labute approximate surface area is 146 Å². The maximum atomic E-state index is 12.1. The molecule has 0 unspecified atom stereocenters. The molecule has 0 bridgehead atoms. The molecule has 3 rings (SSSR count). The molecule has 0 aliphatic carbocycles. The van der Waals surface area contributed by atoms with Gasteiger partial charge in [-0.2, -0.15) is 0 Å². The number of hydrogen-bond acceptors (Lipinski definition) is 3. The fraction of sp³-hybridized carbons (Fsp3) is 0. The van der Waals surface area contributed by atoms with Gasteiger partial charge in [-0.1, -0.05) is 34.1 Å². The quantitative estimate of drug-likeness (QED) is 0.459. The Morgan fingerprint density at radius 3 is 2.52 bits per heavy atom. The molecule has 116 valence electrons. The predicted molar refractivity (Wildman–Crippen MR) is 97.2 cm³/mol. The summed E-state index contributed by atoms with van der Waals surface area (Å²) in [6.45, 7) is 0. The number of carbonyl (C=O) groups excluding carboxylic acids is 1. The molecule has 23 heavy (non-hydrogen) atoms. The highest BCUT2D eigenvalue weighted by atomic mass is 79.9. The molecule has 0 atom stereocenters. The molecule has 1 heterocycles. The van der Waals surface area contributed by atoms with Gasteiger partial charge in [0, 0.05) is 15.5 Å². The number of nitrogens with one attached hydrogen (secondary N) is 3. The standard InChI is InChI=1S/C16H12BrN3O2S/c17-11-5-7-12(8-6-11)18-16(23)20-19-15(21)14-9-10-3-1-2-4-13(10)22-14/h1-9H,(H,19,21)(H2,18,20,23). The van der Waals surface area contributed by atoms with Crippen molar-refractivity contribution < 1.29 is 9.21 Å². The SMILES string of the molecule is O=C(NNC(=S)Nc1ccc(Br)cc1)c1cc2ccccc2o1. The Balaban J connectivity index is 1.57. The highest BCUT2D eigenvalue weighted by molar-refractivity contribution is 9.10. The molecule has 0 fully saturated rings. The number of rotatable bonds is 2. The number of fused-ring (bicyclic) bond motifs is 1. The van der Waals surface area contributed by atoms with Crippen molar-refractivity contribution in [2.24, 2.45) is 0 Å². The smallest absolute Gasteiger partial charge is 0.305 e. The van der Waals surface area contributed by atoms with Gasteiger partial charge in [0.1, 0.15) is 5.58 Å². The largest absolute Gasteiger partial charge is 0.451 e. The molecule has 1 amide bonds. The van der Waals surface area contributed by atoms with Gasteiger partial charge in [-0.15, -0.1) is 0 Å².